The van der Waals surface area contributed by atoms with Crippen LogP contribution in [0.4, 0.5) is 5.69 Å². The van der Waals surface area contributed by atoms with Gasteiger partial charge in [-0.15, -0.1) is 0 Å². The minimum absolute atomic E-state index is 0.0283. The summed E-state index contributed by atoms with van der Waals surface area (Å²) in [7, 11) is -3.11. The SMILES string of the molecule is Cc1cccc(NC(=O)[C@H]2CC(=O)N([C@@H]3CCS(=O)(=O)C3)C2)c1C(=O)N1CCCC1. The predicted molar refractivity (Wildman–Crippen MR) is 112 cm³/mol. The molecule has 8 nitrogen and oxygen atoms in total. The fourth-order valence-electron chi connectivity index (χ4n) is 4.65. The number of hydrogen-bond acceptors (Lipinski definition) is 5. The molecule has 0 aliphatic carbocycles. The van der Waals surface area contributed by atoms with Crippen molar-refractivity contribution >= 4 is 33.2 Å². The van der Waals surface area contributed by atoms with E-state index in [1.54, 1.807) is 21.9 Å². The molecule has 3 amide bonds. The number of carbonyl (C=O) groups is 3. The van der Waals surface area contributed by atoms with Crippen molar-refractivity contribution in [1.82, 2.24) is 9.80 Å². The van der Waals surface area contributed by atoms with Gasteiger partial charge in [-0.2, -0.15) is 0 Å². The van der Waals surface area contributed by atoms with Crippen molar-refractivity contribution in [2.24, 2.45) is 5.92 Å². The first-order valence-electron chi connectivity index (χ1n) is 10.4. The van der Waals surface area contributed by atoms with Crippen LogP contribution in [0.15, 0.2) is 18.2 Å². The van der Waals surface area contributed by atoms with Gasteiger partial charge in [-0.1, -0.05) is 12.1 Å². The molecule has 1 N–H and O–H groups in total. The molecule has 0 saturated carbocycles. The van der Waals surface area contributed by atoms with E-state index in [1.165, 1.54) is 0 Å². The summed E-state index contributed by atoms with van der Waals surface area (Å²) >= 11 is 0. The average Bonchev–Trinajstić information content (AvgIpc) is 3.41. The Kier molecular flexibility index (Phi) is 5.57. The number of amides is 3. The Morgan fingerprint density at radius 1 is 1.17 bits per heavy atom. The molecule has 0 radical (unpaired) electrons. The summed E-state index contributed by atoms with van der Waals surface area (Å²) in [6.45, 7) is 3.50. The number of benzene rings is 1. The molecule has 4 rings (SSSR count). The number of likely N-dealkylation sites (tertiary alicyclic amines) is 2. The molecule has 30 heavy (non-hydrogen) atoms. The van der Waals surface area contributed by atoms with Gasteiger partial charge >= 0.3 is 0 Å². The maximum Gasteiger partial charge on any atom is 0.256 e. The van der Waals surface area contributed by atoms with E-state index in [-0.39, 0.29) is 48.2 Å². The van der Waals surface area contributed by atoms with Gasteiger partial charge < -0.3 is 15.1 Å². The molecular formula is C21H27N3O5S. The van der Waals surface area contributed by atoms with E-state index < -0.39 is 15.8 Å². The summed E-state index contributed by atoms with van der Waals surface area (Å²) in [4.78, 5) is 41.7. The molecule has 3 saturated heterocycles. The third-order valence-electron chi connectivity index (χ3n) is 6.32. The number of rotatable bonds is 4. The first-order chi connectivity index (χ1) is 14.2. The van der Waals surface area contributed by atoms with Crippen molar-refractivity contribution in [1.29, 1.82) is 0 Å². The third-order valence-corrected chi connectivity index (χ3v) is 8.07. The molecular weight excluding hydrogens is 406 g/mol. The quantitative estimate of drug-likeness (QED) is 0.769. The lowest BCUT2D eigenvalue weighted by Crippen LogP contribution is -2.38. The number of nitrogens with one attached hydrogen (secondary N) is 1. The Bertz CT molecular complexity index is 984. The molecule has 3 heterocycles. The molecule has 0 unspecified atom stereocenters. The number of nitrogens with zero attached hydrogens (tertiary/aromatic N) is 2. The van der Waals surface area contributed by atoms with E-state index in [0.717, 1.165) is 31.5 Å². The molecule has 3 aliphatic rings. The van der Waals surface area contributed by atoms with Crippen LogP contribution in [0.1, 0.15) is 41.6 Å². The lowest BCUT2D eigenvalue weighted by Gasteiger charge is -2.23. The van der Waals surface area contributed by atoms with Gasteiger partial charge in [0, 0.05) is 32.1 Å². The van der Waals surface area contributed by atoms with Gasteiger partial charge in [-0.05, 0) is 37.8 Å². The van der Waals surface area contributed by atoms with E-state index >= 15 is 0 Å². The minimum atomic E-state index is -3.11. The zero-order valence-electron chi connectivity index (χ0n) is 17.1. The third kappa shape index (κ3) is 4.08. The second-order valence-electron chi connectivity index (χ2n) is 8.49. The Hall–Kier alpha value is -2.42. The van der Waals surface area contributed by atoms with Crippen molar-refractivity contribution in [3.05, 3.63) is 29.3 Å². The van der Waals surface area contributed by atoms with Crippen LogP contribution in [0, 0.1) is 12.8 Å². The van der Waals surface area contributed by atoms with E-state index in [0.29, 0.717) is 17.7 Å². The van der Waals surface area contributed by atoms with Gasteiger partial charge in [-0.25, -0.2) is 8.42 Å². The van der Waals surface area contributed by atoms with Gasteiger partial charge in [0.25, 0.3) is 5.91 Å². The van der Waals surface area contributed by atoms with Crippen LogP contribution >= 0.6 is 0 Å². The molecule has 162 valence electrons. The highest BCUT2D eigenvalue weighted by Crippen LogP contribution is 2.29. The van der Waals surface area contributed by atoms with Crippen molar-refractivity contribution in [3.63, 3.8) is 0 Å². The topological polar surface area (TPSA) is 104 Å². The monoisotopic (exact) mass is 433 g/mol. The van der Waals surface area contributed by atoms with Crippen molar-refractivity contribution in [2.45, 2.75) is 38.6 Å². The highest BCUT2D eigenvalue weighted by Gasteiger charge is 2.42. The summed E-state index contributed by atoms with van der Waals surface area (Å²) in [5, 5.41) is 2.86. The van der Waals surface area contributed by atoms with Crippen LogP contribution in [-0.2, 0) is 19.4 Å². The highest BCUT2D eigenvalue weighted by molar-refractivity contribution is 7.91. The van der Waals surface area contributed by atoms with Gasteiger partial charge in [0.15, 0.2) is 9.84 Å². The van der Waals surface area contributed by atoms with E-state index in [9.17, 15) is 22.8 Å². The Labute approximate surface area is 176 Å². The maximum absolute atomic E-state index is 13.0. The summed E-state index contributed by atoms with van der Waals surface area (Å²) < 4.78 is 23.5. The van der Waals surface area contributed by atoms with Crippen LogP contribution in [0.25, 0.3) is 0 Å². The normalized spacial score (nSPS) is 25.7. The molecule has 0 aromatic heterocycles. The standard InChI is InChI=1S/C21H27N3O5S/c1-14-5-4-6-17(19(14)21(27)23-8-2-3-9-23)22-20(26)15-11-18(25)24(12-15)16-7-10-30(28,29)13-16/h4-6,15-16H,2-3,7-13H2,1H3,(H,22,26)/t15-,16+/m0/s1. The van der Waals surface area contributed by atoms with E-state index in [2.05, 4.69) is 5.32 Å². The fourth-order valence-corrected chi connectivity index (χ4v) is 6.38. The predicted octanol–water partition coefficient (Wildman–Crippen LogP) is 1.21. The largest absolute Gasteiger partial charge is 0.339 e. The zero-order valence-corrected chi connectivity index (χ0v) is 17.9. The smallest absolute Gasteiger partial charge is 0.256 e. The van der Waals surface area contributed by atoms with Gasteiger partial charge in [0.05, 0.1) is 28.7 Å². The Balaban J connectivity index is 1.47. The average molecular weight is 434 g/mol. The molecule has 9 heteroatoms. The first-order valence-corrected chi connectivity index (χ1v) is 12.3. The highest BCUT2D eigenvalue weighted by atomic mass is 32.2. The number of hydrogen-bond donors (Lipinski definition) is 1. The van der Waals surface area contributed by atoms with Gasteiger partial charge in [0.2, 0.25) is 11.8 Å². The number of sulfone groups is 1. The molecule has 1 aromatic carbocycles. The van der Waals surface area contributed by atoms with Crippen molar-refractivity contribution in [2.75, 3.05) is 36.5 Å². The second-order valence-corrected chi connectivity index (χ2v) is 10.7. The van der Waals surface area contributed by atoms with E-state index in [4.69, 9.17) is 0 Å². The Morgan fingerprint density at radius 3 is 2.57 bits per heavy atom. The molecule has 3 fully saturated rings. The lowest BCUT2D eigenvalue weighted by molar-refractivity contribution is -0.129. The minimum Gasteiger partial charge on any atom is -0.339 e. The molecule has 2 atom stereocenters. The molecule has 1 aromatic rings. The second kappa shape index (κ2) is 8.02. The van der Waals surface area contributed by atoms with E-state index in [1.807, 2.05) is 13.0 Å². The maximum atomic E-state index is 13.0. The summed E-state index contributed by atoms with van der Waals surface area (Å²) in [5.74, 6) is -1.08. The van der Waals surface area contributed by atoms with Crippen LogP contribution < -0.4 is 5.32 Å². The van der Waals surface area contributed by atoms with Crippen molar-refractivity contribution in [3.8, 4) is 0 Å². The van der Waals surface area contributed by atoms with Crippen LogP contribution in [0.2, 0.25) is 0 Å². The first kappa shape index (κ1) is 20.8. The van der Waals surface area contributed by atoms with Crippen LogP contribution in [-0.4, -0.2) is 73.1 Å². The van der Waals surface area contributed by atoms with Gasteiger partial charge in [0.1, 0.15) is 0 Å². The number of aryl methyl sites for hydroxylation is 1. The van der Waals surface area contributed by atoms with Crippen molar-refractivity contribution < 1.29 is 22.8 Å². The summed E-state index contributed by atoms with van der Waals surface area (Å²) in [6.07, 6.45) is 2.45. The lowest BCUT2D eigenvalue weighted by atomic mass is 10.0. The van der Waals surface area contributed by atoms with Gasteiger partial charge in [-0.3, -0.25) is 14.4 Å². The van der Waals surface area contributed by atoms with Crippen LogP contribution in [0.3, 0.4) is 0 Å². The molecule has 3 aliphatic heterocycles. The summed E-state index contributed by atoms with van der Waals surface area (Å²) in [5.41, 5.74) is 1.76. The number of anilines is 1. The zero-order chi connectivity index (χ0) is 21.5. The van der Waals surface area contributed by atoms with Crippen LogP contribution in [0.5, 0.6) is 0 Å². The Morgan fingerprint density at radius 2 is 1.90 bits per heavy atom. The molecule has 0 bridgehead atoms. The number of carbonyl (C=O) groups excluding carboxylic acids is 3. The summed E-state index contributed by atoms with van der Waals surface area (Å²) in [6, 6.07) is 5.01. The fraction of sp³-hybridized carbons (Fsp3) is 0.571. The molecule has 0 spiro atoms.